The highest BCUT2D eigenvalue weighted by Gasteiger charge is 2.60. The van der Waals surface area contributed by atoms with Gasteiger partial charge in [0.1, 0.15) is 5.75 Å². The minimum atomic E-state index is -5.80. The van der Waals surface area contributed by atoms with Gasteiger partial charge in [0.05, 0.1) is 5.70 Å². The minimum Gasteiger partial charge on any atom is -0.478 e. The van der Waals surface area contributed by atoms with Crippen LogP contribution in [0.4, 0.5) is 31.1 Å². The van der Waals surface area contributed by atoms with Gasteiger partial charge in [-0.2, -0.15) is 26.3 Å². The molecule has 216 valence electrons. The lowest BCUT2D eigenvalue weighted by Crippen LogP contribution is -2.52. The fraction of sp³-hybridized carbons (Fsp3) is 0.480. The van der Waals surface area contributed by atoms with Crippen LogP contribution in [0.25, 0.3) is 5.70 Å². The first-order valence-corrected chi connectivity index (χ1v) is 11.7. The highest BCUT2D eigenvalue weighted by atomic mass is 19.4. The number of ether oxygens (including phenoxy) is 2. The van der Waals surface area contributed by atoms with Gasteiger partial charge in [-0.15, -0.1) is 0 Å². The van der Waals surface area contributed by atoms with Crippen LogP contribution in [0, 0.1) is 0 Å². The van der Waals surface area contributed by atoms with Crippen molar-refractivity contribution in [3.8, 4) is 5.75 Å². The smallest absolute Gasteiger partial charge is 0.434 e. The molecule has 1 amide bonds. The highest BCUT2D eigenvalue weighted by Crippen LogP contribution is 2.36. The lowest BCUT2D eigenvalue weighted by molar-refractivity contribution is -0.308. The summed E-state index contributed by atoms with van der Waals surface area (Å²) in [6, 6.07) is 5.02. The summed E-state index contributed by atoms with van der Waals surface area (Å²) in [6.45, 7) is 8.11. The van der Waals surface area contributed by atoms with Crippen molar-refractivity contribution in [3.05, 3.63) is 47.6 Å². The number of aliphatic carboxylic acids is 1. The molecule has 0 aromatic heterocycles. The zero-order chi connectivity index (χ0) is 29.6. The SMILES string of the molecule is C=N/C(=C\C=C/C)c1ccc(CN2CCN(C(=O)OC(C(F)(F)F)C(F)(F)F)CC2)c(OC(C)(C)C(=O)O)c1. The van der Waals surface area contributed by atoms with Gasteiger partial charge in [-0.1, -0.05) is 24.3 Å². The van der Waals surface area contributed by atoms with Crippen LogP contribution in [0.5, 0.6) is 5.75 Å². The Morgan fingerprint density at radius 2 is 1.69 bits per heavy atom. The number of allylic oxidation sites excluding steroid dienone is 3. The summed E-state index contributed by atoms with van der Waals surface area (Å²) in [4.78, 5) is 30.2. The quantitative estimate of drug-likeness (QED) is 0.249. The van der Waals surface area contributed by atoms with E-state index in [1.54, 1.807) is 41.3 Å². The third-order valence-electron chi connectivity index (χ3n) is 5.70. The van der Waals surface area contributed by atoms with E-state index in [2.05, 4.69) is 16.4 Å². The Morgan fingerprint density at radius 1 is 1.10 bits per heavy atom. The van der Waals surface area contributed by atoms with E-state index in [4.69, 9.17) is 4.74 Å². The predicted molar refractivity (Wildman–Crippen MR) is 130 cm³/mol. The molecule has 0 unspecified atom stereocenters. The Balaban J connectivity index is 2.20. The molecule has 0 saturated carbocycles. The van der Waals surface area contributed by atoms with Crippen LogP contribution in [0.1, 0.15) is 31.9 Å². The number of piperazine rings is 1. The van der Waals surface area contributed by atoms with Crippen LogP contribution >= 0.6 is 0 Å². The Kier molecular flexibility index (Phi) is 10.2. The molecule has 14 heteroatoms. The van der Waals surface area contributed by atoms with Gasteiger partial charge in [-0.3, -0.25) is 9.89 Å². The average molecular weight is 566 g/mol. The monoisotopic (exact) mass is 565 g/mol. The number of rotatable bonds is 9. The Bertz CT molecular complexity index is 1090. The molecule has 0 radical (unpaired) electrons. The molecule has 0 bridgehead atoms. The van der Waals surface area contributed by atoms with Crippen LogP contribution in [-0.4, -0.2) is 83.9 Å². The number of carbonyl (C=O) groups excluding carboxylic acids is 1. The number of amides is 1. The van der Waals surface area contributed by atoms with E-state index >= 15 is 0 Å². The van der Waals surface area contributed by atoms with E-state index in [0.29, 0.717) is 16.8 Å². The molecule has 1 aliphatic rings. The summed E-state index contributed by atoms with van der Waals surface area (Å²) in [5.74, 6) is -0.983. The van der Waals surface area contributed by atoms with Crippen LogP contribution < -0.4 is 4.74 Å². The summed E-state index contributed by atoms with van der Waals surface area (Å²) >= 11 is 0. The van der Waals surface area contributed by atoms with E-state index in [0.717, 1.165) is 4.90 Å². The van der Waals surface area contributed by atoms with E-state index in [-0.39, 0.29) is 38.5 Å². The van der Waals surface area contributed by atoms with Crippen molar-refractivity contribution in [2.75, 3.05) is 26.2 Å². The minimum absolute atomic E-state index is 0.0992. The van der Waals surface area contributed by atoms with Gasteiger partial charge in [0.2, 0.25) is 0 Å². The van der Waals surface area contributed by atoms with Crippen molar-refractivity contribution < 1.29 is 50.5 Å². The number of halogens is 6. The van der Waals surface area contributed by atoms with Gasteiger partial charge in [0, 0.05) is 43.9 Å². The van der Waals surface area contributed by atoms with Crippen molar-refractivity contribution in [2.45, 2.75) is 51.4 Å². The van der Waals surface area contributed by atoms with Gasteiger partial charge in [0.25, 0.3) is 6.10 Å². The first-order valence-electron chi connectivity index (χ1n) is 11.7. The maximum absolute atomic E-state index is 12.7. The molecule has 39 heavy (non-hydrogen) atoms. The molecule has 0 atom stereocenters. The second-order valence-corrected chi connectivity index (χ2v) is 9.09. The standard InChI is InChI=1S/C25H29F6N3O5/c1-5-6-7-18(32-4)16-8-9-17(19(14-16)39-23(2,3)21(35)36)15-33-10-12-34(13-11-33)22(37)38-20(24(26,27)28)25(29,30)31/h5-9,14,20H,4,10-13,15H2,1-3H3,(H,35,36)/b6-5-,18-7-. The molecule has 1 N–H and O–H groups in total. The van der Waals surface area contributed by atoms with E-state index < -0.39 is 36.1 Å². The maximum Gasteiger partial charge on any atom is 0.434 e. The summed E-state index contributed by atoms with van der Waals surface area (Å²) in [5.41, 5.74) is 0.0611. The first-order chi connectivity index (χ1) is 18.0. The molecule has 1 aromatic carbocycles. The Hall–Kier alpha value is -3.55. The van der Waals surface area contributed by atoms with Gasteiger partial charge in [0.15, 0.2) is 5.60 Å². The largest absolute Gasteiger partial charge is 0.478 e. The van der Waals surface area contributed by atoms with Crippen LogP contribution in [-0.2, 0) is 16.1 Å². The van der Waals surface area contributed by atoms with Gasteiger partial charge >= 0.3 is 24.4 Å². The zero-order valence-corrected chi connectivity index (χ0v) is 21.5. The van der Waals surface area contributed by atoms with Crippen LogP contribution in [0.2, 0.25) is 0 Å². The fourth-order valence-electron chi connectivity index (χ4n) is 3.51. The Morgan fingerprint density at radius 3 is 2.18 bits per heavy atom. The summed E-state index contributed by atoms with van der Waals surface area (Å²) in [7, 11) is 0. The number of hydrogen-bond acceptors (Lipinski definition) is 6. The van der Waals surface area contributed by atoms with Crippen molar-refractivity contribution in [2.24, 2.45) is 4.99 Å². The molecule has 0 spiro atoms. The molecule has 8 nitrogen and oxygen atoms in total. The van der Waals surface area contributed by atoms with Gasteiger partial charge in [-0.05, 0) is 39.6 Å². The lowest BCUT2D eigenvalue weighted by atomic mass is 10.0. The van der Waals surface area contributed by atoms with Crippen LogP contribution in [0.3, 0.4) is 0 Å². The number of carboxylic acids is 1. The summed E-state index contributed by atoms with van der Waals surface area (Å²) in [6.07, 6.45) is -12.3. The predicted octanol–water partition coefficient (Wildman–Crippen LogP) is 5.29. The molecule has 0 aliphatic carbocycles. The first kappa shape index (κ1) is 31.7. The number of carboxylic acid groups (broad SMARTS) is 1. The van der Waals surface area contributed by atoms with E-state index in [1.807, 2.05) is 6.92 Å². The molecule has 1 saturated heterocycles. The zero-order valence-electron chi connectivity index (χ0n) is 21.5. The van der Waals surface area contributed by atoms with Crippen molar-refractivity contribution in [1.82, 2.24) is 9.80 Å². The number of aliphatic imine (C=N–C) groups is 1. The lowest BCUT2D eigenvalue weighted by Gasteiger charge is -2.35. The van der Waals surface area contributed by atoms with Crippen molar-refractivity contribution in [3.63, 3.8) is 0 Å². The Labute approximate surface area is 221 Å². The maximum atomic E-state index is 12.7. The second-order valence-electron chi connectivity index (χ2n) is 9.09. The number of alkyl halides is 6. The third kappa shape index (κ3) is 8.73. The molecule has 1 aromatic rings. The fourth-order valence-corrected chi connectivity index (χ4v) is 3.51. The van der Waals surface area contributed by atoms with E-state index in [1.165, 1.54) is 13.8 Å². The highest BCUT2D eigenvalue weighted by molar-refractivity contribution is 5.77. The third-order valence-corrected chi connectivity index (χ3v) is 5.70. The summed E-state index contributed by atoms with van der Waals surface area (Å²) < 4.78 is 85.9. The summed E-state index contributed by atoms with van der Waals surface area (Å²) in [5, 5.41) is 9.53. The van der Waals surface area contributed by atoms with Crippen LogP contribution in [0.15, 0.2) is 41.4 Å². The van der Waals surface area contributed by atoms with E-state index in [9.17, 15) is 41.0 Å². The normalized spacial score (nSPS) is 16.1. The molecule has 1 heterocycles. The molecular weight excluding hydrogens is 536 g/mol. The topological polar surface area (TPSA) is 91.7 Å². The number of carbonyl (C=O) groups is 2. The molecule has 1 fully saturated rings. The molecular formula is C25H29F6N3O5. The van der Waals surface area contributed by atoms with Gasteiger partial charge < -0.3 is 19.5 Å². The van der Waals surface area contributed by atoms with Crippen molar-refractivity contribution >= 4 is 24.5 Å². The molecule has 2 rings (SSSR count). The van der Waals surface area contributed by atoms with Gasteiger partial charge in [-0.25, -0.2) is 9.59 Å². The number of hydrogen-bond donors (Lipinski definition) is 1. The van der Waals surface area contributed by atoms with Crippen molar-refractivity contribution in [1.29, 1.82) is 0 Å². The molecule has 1 aliphatic heterocycles. The second kappa shape index (κ2) is 12.5. The number of benzene rings is 1. The number of nitrogens with zero attached hydrogens (tertiary/aromatic N) is 3. The average Bonchev–Trinajstić information content (AvgIpc) is 2.83.